The largest absolute Gasteiger partial charge is 0.423 e. The molecule has 1 saturated carbocycles. The first-order valence-electron chi connectivity index (χ1n) is 13.2. The van der Waals surface area contributed by atoms with Gasteiger partial charge >= 0.3 is 17.8 Å². The van der Waals surface area contributed by atoms with Crippen LogP contribution in [0.15, 0.2) is 88.4 Å². The van der Waals surface area contributed by atoms with Crippen LogP contribution in [0, 0.1) is 0 Å². The van der Waals surface area contributed by atoms with Crippen molar-refractivity contribution in [1.82, 2.24) is 10.7 Å². The Morgan fingerprint density at radius 1 is 0.878 bits per heavy atom. The van der Waals surface area contributed by atoms with Crippen molar-refractivity contribution in [2.24, 2.45) is 5.10 Å². The van der Waals surface area contributed by atoms with Crippen molar-refractivity contribution in [3.8, 4) is 5.75 Å². The number of hydrazone groups is 1. The van der Waals surface area contributed by atoms with Gasteiger partial charge < -0.3 is 15.4 Å². The summed E-state index contributed by atoms with van der Waals surface area (Å²) in [4.78, 5) is 50.2. The number of amides is 3. The Morgan fingerprint density at radius 3 is 2.39 bits per heavy atom. The summed E-state index contributed by atoms with van der Waals surface area (Å²) in [7, 11) is 0. The Hall–Kier alpha value is -4.57. The second-order valence-corrected chi connectivity index (χ2v) is 10.3. The summed E-state index contributed by atoms with van der Waals surface area (Å²) < 4.78 is 6.11. The number of ether oxygens (including phenoxy) is 1. The van der Waals surface area contributed by atoms with Crippen LogP contribution in [0.4, 0.5) is 5.69 Å². The van der Waals surface area contributed by atoms with Crippen LogP contribution in [0.3, 0.4) is 0 Å². The van der Waals surface area contributed by atoms with E-state index >= 15 is 0 Å². The summed E-state index contributed by atoms with van der Waals surface area (Å²) in [5.74, 6) is -2.73. The predicted molar refractivity (Wildman–Crippen MR) is 160 cm³/mol. The van der Waals surface area contributed by atoms with Gasteiger partial charge in [-0.05, 0) is 54.8 Å². The number of carbonyl (C=O) groups excluding carboxylic acids is 4. The molecule has 3 amide bonds. The molecule has 210 valence electrons. The number of nitrogens with one attached hydrogen (secondary N) is 3. The fraction of sp³-hybridized carbons (Fsp3) is 0.194. The van der Waals surface area contributed by atoms with Crippen LogP contribution in [0.1, 0.15) is 53.6 Å². The van der Waals surface area contributed by atoms with Crippen molar-refractivity contribution in [2.45, 2.75) is 38.1 Å². The summed E-state index contributed by atoms with van der Waals surface area (Å²) in [6.45, 7) is 0. The fourth-order valence-electron chi connectivity index (χ4n) is 4.27. The van der Waals surface area contributed by atoms with Crippen LogP contribution in [0.2, 0.25) is 0 Å². The predicted octanol–water partition coefficient (Wildman–Crippen LogP) is 5.22. The lowest BCUT2D eigenvalue weighted by Gasteiger charge is -2.23. The lowest BCUT2D eigenvalue weighted by Crippen LogP contribution is -2.37. The van der Waals surface area contributed by atoms with Gasteiger partial charge in [-0.3, -0.25) is 14.4 Å². The molecule has 3 aromatic rings. The zero-order valence-electron chi connectivity index (χ0n) is 22.1. The number of hydrogen-bond donors (Lipinski definition) is 3. The lowest BCUT2D eigenvalue weighted by molar-refractivity contribution is -0.136. The number of anilines is 1. The third-order valence-electron chi connectivity index (χ3n) is 6.33. The quantitative estimate of drug-likeness (QED) is 0.0799. The number of halogens is 1. The Morgan fingerprint density at radius 2 is 1.61 bits per heavy atom. The third-order valence-corrected chi connectivity index (χ3v) is 6.82. The average molecular weight is 617 g/mol. The highest BCUT2D eigenvalue weighted by molar-refractivity contribution is 9.10. The minimum atomic E-state index is -1.04. The summed E-state index contributed by atoms with van der Waals surface area (Å²) in [6.07, 6.45) is 9.33. The maximum atomic E-state index is 12.8. The average Bonchev–Trinajstić information content (AvgIpc) is 2.98. The summed E-state index contributed by atoms with van der Waals surface area (Å²) >= 11 is 3.35. The number of rotatable bonds is 8. The van der Waals surface area contributed by atoms with Gasteiger partial charge in [-0.25, -0.2) is 10.2 Å². The lowest BCUT2D eigenvalue weighted by atomic mass is 9.95. The Balaban J connectivity index is 1.35. The molecular formula is C31H29BrN4O5. The molecule has 1 aliphatic carbocycles. The third kappa shape index (κ3) is 8.97. The molecule has 0 aliphatic heterocycles. The minimum Gasteiger partial charge on any atom is -0.423 e. The zero-order chi connectivity index (χ0) is 29.0. The van der Waals surface area contributed by atoms with Gasteiger partial charge in [0.25, 0.3) is 5.91 Å². The van der Waals surface area contributed by atoms with Gasteiger partial charge in [0.05, 0.1) is 17.5 Å². The van der Waals surface area contributed by atoms with Crippen molar-refractivity contribution in [2.75, 3.05) is 5.32 Å². The van der Waals surface area contributed by atoms with E-state index < -0.39 is 17.8 Å². The Kier molecular flexibility index (Phi) is 10.6. The van der Waals surface area contributed by atoms with Gasteiger partial charge in [0, 0.05) is 22.2 Å². The van der Waals surface area contributed by atoms with E-state index in [9.17, 15) is 19.2 Å². The van der Waals surface area contributed by atoms with Crippen molar-refractivity contribution >= 4 is 57.6 Å². The van der Waals surface area contributed by atoms with Crippen LogP contribution in [-0.4, -0.2) is 35.9 Å². The first-order chi connectivity index (χ1) is 19.9. The highest BCUT2D eigenvalue weighted by atomic mass is 79.9. The molecule has 1 fully saturated rings. The van der Waals surface area contributed by atoms with Crippen LogP contribution in [0.5, 0.6) is 5.75 Å². The standard InChI is InChI=1S/C31H29BrN4O5/c32-23-16-17-27(41-28(37)18-15-21-9-3-1-4-10-21)22(19-23)20-33-36-31(40)30(39)35-26-14-8-7-13-25(26)29(38)34-24-11-5-2-6-12-24/h1,3-4,7-10,13-20,24H,2,5-6,11-12H2,(H,34,38)(H,35,39)(H,36,40)/b18-15+,33-20-. The maximum Gasteiger partial charge on any atom is 0.336 e. The van der Waals surface area contributed by atoms with E-state index in [1.807, 2.05) is 30.3 Å². The molecule has 0 aromatic heterocycles. The molecule has 0 bridgehead atoms. The van der Waals surface area contributed by atoms with E-state index in [1.54, 1.807) is 48.5 Å². The highest BCUT2D eigenvalue weighted by Gasteiger charge is 2.21. The van der Waals surface area contributed by atoms with Gasteiger partial charge in [0.1, 0.15) is 5.75 Å². The molecule has 0 radical (unpaired) electrons. The maximum absolute atomic E-state index is 12.8. The number of benzene rings is 3. The number of esters is 1. The number of hydrogen-bond acceptors (Lipinski definition) is 6. The van der Waals surface area contributed by atoms with E-state index in [4.69, 9.17) is 4.74 Å². The van der Waals surface area contributed by atoms with Gasteiger partial charge in [0.2, 0.25) is 0 Å². The Labute approximate surface area is 246 Å². The number of nitrogens with zero attached hydrogens (tertiary/aromatic N) is 1. The molecule has 3 N–H and O–H groups in total. The first-order valence-corrected chi connectivity index (χ1v) is 14.0. The van der Waals surface area contributed by atoms with E-state index in [-0.39, 0.29) is 28.9 Å². The van der Waals surface area contributed by atoms with Crippen LogP contribution in [-0.2, 0) is 14.4 Å². The number of para-hydroxylation sites is 1. The van der Waals surface area contributed by atoms with Gasteiger partial charge in [-0.1, -0.05) is 77.7 Å². The topological polar surface area (TPSA) is 126 Å². The van der Waals surface area contributed by atoms with Crippen molar-refractivity contribution < 1.29 is 23.9 Å². The molecule has 41 heavy (non-hydrogen) atoms. The van der Waals surface area contributed by atoms with Crippen LogP contribution >= 0.6 is 15.9 Å². The van der Waals surface area contributed by atoms with E-state index in [0.717, 1.165) is 37.7 Å². The van der Waals surface area contributed by atoms with Crippen molar-refractivity contribution in [3.05, 3.63) is 100 Å². The number of carbonyl (C=O) groups is 4. The smallest absolute Gasteiger partial charge is 0.336 e. The summed E-state index contributed by atoms with van der Waals surface area (Å²) in [6, 6.07) is 20.8. The molecule has 4 rings (SSSR count). The fourth-order valence-corrected chi connectivity index (χ4v) is 4.65. The monoisotopic (exact) mass is 616 g/mol. The van der Waals surface area contributed by atoms with E-state index in [1.165, 1.54) is 12.3 Å². The molecule has 0 atom stereocenters. The highest BCUT2D eigenvalue weighted by Crippen LogP contribution is 2.23. The van der Waals surface area contributed by atoms with Gasteiger partial charge in [-0.2, -0.15) is 5.10 Å². The molecule has 1 aliphatic rings. The molecule has 9 nitrogen and oxygen atoms in total. The zero-order valence-corrected chi connectivity index (χ0v) is 23.7. The second kappa shape index (κ2) is 14.7. The van der Waals surface area contributed by atoms with E-state index in [0.29, 0.717) is 10.0 Å². The van der Waals surface area contributed by atoms with E-state index in [2.05, 4.69) is 37.1 Å². The van der Waals surface area contributed by atoms with Crippen LogP contribution in [0.25, 0.3) is 6.08 Å². The van der Waals surface area contributed by atoms with Crippen molar-refractivity contribution in [3.63, 3.8) is 0 Å². The molecule has 10 heteroatoms. The summed E-state index contributed by atoms with van der Waals surface area (Å²) in [5.41, 5.74) is 3.87. The van der Waals surface area contributed by atoms with Gasteiger partial charge in [0.15, 0.2) is 0 Å². The first kappa shape index (κ1) is 29.4. The minimum absolute atomic E-state index is 0.0970. The molecule has 3 aromatic carbocycles. The molecule has 0 saturated heterocycles. The van der Waals surface area contributed by atoms with Gasteiger partial charge in [-0.15, -0.1) is 0 Å². The molecule has 0 unspecified atom stereocenters. The SMILES string of the molecule is O=C(/C=C/c1ccccc1)Oc1ccc(Br)cc1/C=N\NC(=O)C(=O)Nc1ccccc1C(=O)NC1CCCCC1. The normalized spacial score (nSPS) is 13.6. The second-order valence-electron chi connectivity index (χ2n) is 9.35. The molecular weight excluding hydrogens is 588 g/mol. The molecule has 0 spiro atoms. The summed E-state index contributed by atoms with van der Waals surface area (Å²) in [5, 5.41) is 9.34. The Bertz CT molecular complexity index is 1470. The van der Waals surface area contributed by atoms with Crippen LogP contribution < -0.4 is 20.8 Å². The van der Waals surface area contributed by atoms with Crippen molar-refractivity contribution in [1.29, 1.82) is 0 Å². The molecule has 0 heterocycles.